The number of benzene rings is 2. The van der Waals surface area contributed by atoms with Crippen LogP contribution in [-0.4, -0.2) is 17.1 Å². The Morgan fingerprint density at radius 2 is 1.90 bits per heavy atom. The molecule has 0 saturated carbocycles. The van der Waals surface area contributed by atoms with E-state index in [9.17, 15) is 9.90 Å². The monoisotopic (exact) mass is 348 g/mol. The number of phenolic OH excluding ortho intramolecular Hbond substituents is 1. The number of nitrogens with two attached hydrogens (primary N) is 1. The zero-order chi connectivity index (χ0) is 15.2. The minimum Gasteiger partial charge on any atom is -0.508 e. The fraction of sp³-hybridized carbons (Fsp3) is 0.188. The zero-order valence-electron chi connectivity index (χ0n) is 11.4. The van der Waals surface area contributed by atoms with Gasteiger partial charge in [0.1, 0.15) is 5.75 Å². The van der Waals surface area contributed by atoms with E-state index in [4.69, 9.17) is 5.73 Å². The number of rotatable bonds is 5. The Kier molecular flexibility index (Phi) is 5.36. The Morgan fingerprint density at radius 1 is 1.19 bits per heavy atom. The first-order chi connectivity index (χ1) is 10.0. The maximum absolute atomic E-state index is 12.0. The molecule has 0 radical (unpaired) electrons. The second kappa shape index (κ2) is 7.24. The molecule has 0 aromatic heterocycles. The lowest BCUT2D eigenvalue weighted by molar-refractivity contribution is -0.122. The minimum atomic E-state index is -0.610. The molecule has 2 aromatic carbocycles. The van der Waals surface area contributed by atoms with Gasteiger partial charge in [0, 0.05) is 11.0 Å². The van der Waals surface area contributed by atoms with Gasteiger partial charge in [-0.05, 0) is 41.8 Å². The largest absolute Gasteiger partial charge is 0.508 e. The van der Waals surface area contributed by atoms with Crippen molar-refractivity contribution in [1.29, 1.82) is 0 Å². The summed E-state index contributed by atoms with van der Waals surface area (Å²) >= 11 is 3.39. The van der Waals surface area contributed by atoms with E-state index in [0.29, 0.717) is 13.0 Å². The van der Waals surface area contributed by atoms with Crippen molar-refractivity contribution in [2.24, 2.45) is 5.73 Å². The normalized spacial score (nSPS) is 11.9. The van der Waals surface area contributed by atoms with E-state index in [1.165, 1.54) is 0 Å². The summed E-state index contributed by atoms with van der Waals surface area (Å²) in [5.74, 6) is 0.00878. The van der Waals surface area contributed by atoms with Crippen molar-refractivity contribution in [1.82, 2.24) is 5.32 Å². The Bertz CT molecular complexity index is 614. The molecule has 5 heteroatoms. The third-order valence-corrected chi connectivity index (χ3v) is 3.58. The number of carbonyl (C=O) groups is 1. The Hall–Kier alpha value is -1.85. The zero-order valence-corrected chi connectivity index (χ0v) is 13.0. The van der Waals surface area contributed by atoms with Crippen LogP contribution in [0.3, 0.4) is 0 Å². The van der Waals surface area contributed by atoms with Gasteiger partial charge < -0.3 is 16.2 Å². The fourth-order valence-corrected chi connectivity index (χ4v) is 2.39. The average Bonchev–Trinajstić information content (AvgIpc) is 2.47. The summed E-state index contributed by atoms with van der Waals surface area (Å²) in [6, 6.07) is 13.8. The maximum atomic E-state index is 12.0. The molecule has 0 aliphatic carbocycles. The summed E-state index contributed by atoms with van der Waals surface area (Å²) in [6.45, 7) is 0.446. The van der Waals surface area contributed by atoms with Gasteiger partial charge in [-0.1, -0.05) is 40.2 Å². The number of hydrogen-bond acceptors (Lipinski definition) is 3. The van der Waals surface area contributed by atoms with Crippen LogP contribution in [0, 0.1) is 0 Å². The molecule has 4 nitrogen and oxygen atoms in total. The summed E-state index contributed by atoms with van der Waals surface area (Å²) in [5.41, 5.74) is 7.82. The van der Waals surface area contributed by atoms with Gasteiger partial charge in [0.2, 0.25) is 5.91 Å². The Morgan fingerprint density at radius 3 is 2.57 bits per heavy atom. The number of halogens is 1. The van der Waals surface area contributed by atoms with Crippen molar-refractivity contribution in [2.45, 2.75) is 19.0 Å². The molecule has 0 aliphatic heterocycles. The molecule has 0 heterocycles. The van der Waals surface area contributed by atoms with Crippen molar-refractivity contribution in [3.8, 4) is 5.75 Å². The molecule has 0 aliphatic rings. The van der Waals surface area contributed by atoms with E-state index >= 15 is 0 Å². The molecule has 1 amide bonds. The lowest BCUT2D eigenvalue weighted by Crippen LogP contribution is -2.41. The molecule has 0 unspecified atom stereocenters. The van der Waals surface area contributed by atoms with Crippen molar-refractivity contribution in [3.05, 3.63) is 64.1 Å². The van der Waals surface area contributed by atoms with Crippen LogP contribution in [0.4, 0.5) is 0 Å². The number of carbonyl (C=O) groups excluding carboxylic acids is 1. The molecule has 1 atom stereocenters. The van der Waals surface area contributed by atoms with Gasteiger partial charge in [0.15, 0.2) is 0 Å². The summed E-state index contributed by atoms with van der Waals surface area (Å²) in [5, 5.41) is 12.0. The highest BCUT2D eigenvalue weighted by molar-refractivity contribution is 9.10. The van der Waals surface area contributed by atoms with E-state index in [1.807, 2.05) is 24.3 Å². The van der Waals surface area contributed by atoms with Gasteiger partial charge in [0.25, 0.3) is 0 Å². The Balaban J connectivity index is 1.86. The first kappa shape index (κ1) is 15.5. The van der Waals surface area contributed by atoms with E-state index < -0.39 is 6.04 Å². The molecular formula is C16H17BrN2O2. The van der Waals surface area contributed by atoms with Crippen LogP contribution in [0.5, 0.6) is 5.75 Å². The van der Waals surface area contributed by atoms with Crippen LogP contribution >= 0.6 is 15.9 Å². The SMILES string of the molecule is N[C@@H](Cc1ccc(O)cc1)C(=O)NCc1cccc(Br)c1. The molecule has 0 spiro atoms. The molecular weight excluding hydrogens is 332 g/mol. The van der Waals surface area contributed by atoms with E-state index in [1.54, 1.807) is 24.3 Å². The first-order valence-electron chi connectivity index (χ1n) is 6.60. The van der Waals surface area contributed by atoms with Crippen molar-refractivity contribution >= 4 is 21.8 Å². The highest BCUT2D eigenvalue weighted by Gasteiger charge is 2.13. The highest BCUT2D eigenvalue weighted by atomic mass is 79.9. The van der Waals surface area contributed by atoms with Crippen LogP contribution in [0.25, 0.3) is 0 Å². The lowest BCUT2D eigenvalue weighted by Gasteiger charge is -2.12. The maximum Gasteiger partial charge on any atom is 0.237 e. The minimum absolute atomic E-state index is 0.192. The third-order valence-electron chi connectivity index (χ3n) is 3.08. The van der Waals surface area contributed by atoms with Gasteiger partial charge >= 0.3 is 0 Å². The molecule has 110 valence electrons. The van der Waals surface area contributed by atoms with E-state index in [2.05, 4.69) is 21.2 Å². The van der Waals surface area contributed by atoms with Crippen LogP contribution in [0.1, 0.15) is 11.1 Å². The average molecular weight is 349 g/mol. The molecule has 0 fully saturated rings. The van der Waals surface area contributed by atoms with Crippen LogP contribution in [0.2, 0.25) is 0 Å². The number of amides is 1. The predicted molar refractivity (Wildman–Crippen MR) is 85.8 cm³/mol. The molecule has 21 heavy (non-hydrogen) atoms. The fourth-order valence-electron chi connectivity index (χ4n) is 1.95. The quantitative estimate of drug-likeness (QED) is 0.776. The standard InChI is InChI=1S/C16H17BrN2O2/c17-13-3-1-2-12(8-13)10-19-16(21)15(18)9-11-4-6-14(20)7-5-11/h1-8,15,20H,9-10,18H2,(H,19,21)/t15-/m0/s1. The van der Waals surface area contributed by atoms with E-state index in [0.717, 1.165) is 15.6 Å². The molecule has 0 saturated heterocycles. The molecule has 0 bridgehead atoms. The van der Waals surface area contributed by atoms with Gasteiger partial charge in [-0.25, -0.2) is 0 Å². The van der Waals surface area contributed by atoms with Gasteiger partial charge in [0.05, 0.1) is 6.04 Å². The number of phenols is 1. The van der Waals surface area contributed by atoms with E-state index in [-0.39, 0.29) is 11.7 Å². The summed E-state index contributed by atoms with van der Waals surface area (Å²) in [4.78, 5) is 12.0. The topological polar surface area (TPSA) is 75.3 Å². The second-order valence-electron chi connectivity index (χ2n) is 4.82. The molecule has 4 N–H and O–H groups in total. The summed E-state index contributed by atoms with van der Waals surface area (Å²) in [7, 11) is 0. The smallest absolute Gasteiger partial charge is 0.237 e. The summed E-state index contributed by atoms with van der Waals surface area (Å²) < 4.78 is 0.975. The first-order valence-corrected chi connectivity index (χ1v) is 7.39. The number of aromatic hydroxyl groups is 1. The predicted octanol–water partition coefficient (Wildman–Crippen LogP) is 2.34. The van der Waals surface area contributed by atoms with Gasteiger partial charge in [-0.15, -0.1) is 0 Å². The molecule has 2 aromatic rings. The van der Waals surface area contributed by atoms with Crippen molar-refractivity contribution in [3.63, 3.8) is 0 Å². The lowest BCUT2D eigenvalue weighted by atomic mass is 10.1. The van der Waals surface area contributed by atoms with Crippen LogP contribution < -0.4 is 11.1 Å². The third kappa shape index (κ3) is 4.88. The number of nitrogens with one attached hydrogen (secondary N) is 1. The van der Waals surface area contributed by atoms with Crippen molar-refractivity contribution < 1.29 is 9.90 Å². The van der Waals surface area contributed by atoms with Crippen LogP contribution in [-0.2, 0) is 17.8 Å². The molecule has 2 rings (SSSR count). The van der Waals surface area contributed by atoms with Gasteiger partial charge in [-0.3, -0.25) is 4.79 Å². The summed E-state index contributed by atoms with van der Waals surface area (Å²) in [6.07, 6.45) is 0.435. The van der Waals surface area contributed by atoms with Gasteiger partial charge in [-0.2, -0.15) is 0 Å². The van der Waals surface area contributed by atoms with Crippen molar-refractivity contribution in [2.75, 3.05) is 0 Å². The Labute approximate surface area is 132 Å². The highest BCUT2D eigenvalue weighted by Crippen LogP contribution is 2.12. The van der Waals surface area contributed by atoms with Crippen LogP contribution in [0.15, 0.2) is 53.0 Å². The second-order valence-corrected chi connectivity index (χ2v) is 5.74. The number of hydrogen-bond donors (Lipinski definition) is 3.